The predicted octanol–water partition coefficient (Wildman–Crippen LogP) is 1.80. The van der Waals surface area contributed by atoms with Gasteiger partial charge < -0.3 is 9.84 Å². The van der Waals surface area contributed by atoms with Crippen molar-refractivity contribution in [1.82, 2.24) is 0 Å². The third-order valence-electron chi connectivity index (χ3n) is 1.16. The van der Waals surface area contributed by atoms with Gasteiger partial charge in [-0.15, -0.1) is 0 Å². The van der Waals surface area contributed by atoms with Crippen molar-refractivity contribution in [3.8, 4) is 5.75 Å². The van der Waals surface area contributed by atoms with E-state index in [0.29, 0.717) is 10.8 Å². The summed E-state index contributed by atoms with van der Waals surface area (Å²) in [5, 5.41) is 8.81. The minimum absolute atomic E-state index is 0.347. The number of aliphatic carboxylic acids is 1. The van der Waals surface area contributed by atoms with Gasteiger partial charge in [0.1, 0.15) is 5.75 Å². The van der Waals surface area contributed by atoms with Gasteiger partial charge in [-0.1, -0.05) is 17.7 Å². The van der Waals surface area contributed by atoms with Gasteiger partial charge in [0, 0.05) is 5.02 Å². The van der Waals surface area contributed by atoms with Crippen LogP contribution in [0.2, 0.25) is 5.02 Å². The molecule has 0 amide bonds. The second-order valence-electron chi connectivity index (χ2n) is 2.14. The standard InChI is InChI=1S/C8H7ClO3/c9-6-2-1-3-7(4-6)12-5-8(10)11/h1-4H,5H2,(H,10,11). The highest BCUT2D eigenvalue weighted by atomic mass is 35.5. The van der Waals surface area contributed by atoms with Gasteiger partial charge in [0.15, 0.2) is 6.61 Å². The van der Waals surface area contributed by atoms with Crippen LogP contribution in [0.4, 0.5) is 0 Å². The molecule has 0 heterocycles. The van der Waals surface area contributed by atoms with Crippen LogP contribution >= 0.6 is 11.6 Å². The van der Waals surface area contributed by atoms with E-state index in [1.54, 1.807) is 24.3 Å². The van der Waals surface area contributed by atoms with Crippen molar-refractivity contribution in [2.75, 3.05) is 6.61 Å². The lowest BCUT2D eigenvalue weighted by Gasteiger charge is -2.01. The highest BCUT2D eigenvalue weighted by Crippen LogP contribution is 2.16. The minimum atomic E-state index is -1.00. The van der Waals surface area contributed by atoms with E-state index in [2.05, 4.69) is 0 Å². The molecule has 1 aromatic carbocycles. The smallest absolute Gasteiger partial charge is 0.341 e. The van der Waals surface area contributed by atoms with Crippen molar-refractivity contribution >= 4 is 17.6 Å². The molecule has 0 saturated heterocycles. The van der Waals surface area contributed by atoms with E-state index >= 15 is 0 Å². The van der Waals surface area contributed by atoms with Crippen molar-refractivity contribution in [2.45, 2.75) is 0 Å². The number of rotatable bonds is 3. The van der Waals surface area contributed by atoms with Crippen LogP contribution in [0, 0.1) is 0 Å². The van der Waals surface area contributed by atoms with Gasteiger partial charge in [-0.3, -0.25) is 0 Å². The summed E-state index contributed by atoms with van der Waals surface area (Å²) in [7, 11) is 0. The summed E-state index contributed by atoms with van der Waals surface area (Å²) in [6.45, 7) is -0.347. The molecule has 4 heteroatoms. The first-order valence-electron chi connectivity index (χ1n) is 3.28. The molecule has 0 radical (unpaired) electrons. The lowest BCUT2D eigenvalue weighted by Crippen LogP contribution is -2.09. The second kappa shape index (κ2) is 3.97. The highest BCUT2D eigenvalue weighted by Gasteiger charge is 1.98. The van der Waals surface area contributed by atoms with Crippen LogP contribution in [0.3, 0.4) is 0 Å². The zero-order chi connectivity index (χ0) is 8.97. The molecule has 0 spiro atoms. The Hall–Kier alpha value is -1.22. The number of carboxylic acids is 1. The molecule has 64 valence electrons. The van der Waals surface area contributed by atoms with E-state index in [1.807, 2.05) is 0 Å². The quantitative estimate of drug-likeness (QED) is 0.783. The van der Waals surface area contributed by atoms with Gasteiger partial charge >= 0.3 is 5.97 Å². The summed E-state index contributed by atoms with van der Waals surface area (Å²) < 4.78 is 4.86. The second-order valence-corrected chi connectivity index (χ2v) is 2.58. The van der Waals surface area contributed by atoms with Crippen molar-refractivity contribution in [3.63, 3.8) is 0 Å². The number of hydrogen-bond donors (Lipinski definition) is 1. The van der Waals surface area contributed by atoms with Crippen LogP contribution in [0.5, 0.6) is 5.75 Å². The fourth-order valence-corrected chi connectivity index (χ4v) is 0.882. The Bertz CT molecular complexity index is 285. The zero-order valence-electron chi connectivity index (χ0n) is 6.16. The third kappa shape index (κ3) is 2.80. The summed E-state index contributed by atoms with van der Waals surface area (Å²) in [6, 6.07) is 6.59. The van der Waals surface area contributed by atoms with Gasteiger partial charge in [-0.25, -0.2) is 4.79 Å². The Kier molecular flexibility index (Phi) is 2.94. The lowest BCUT2D eigenvalue weighted by atomic mass is 10.3. The van der Waals surface area contributed by atoms with E-state index in [1.165, 1.54) is 0 Å². The number of halogens is 1. The van der Waals surface area contributed by atoms with Gasteiger partial charge in [0.2, 0.25) is 0 Å². The maximum atomic E-state index is 10.1. The molecule has 0 aliphatic heterocycles. The molecule has 0 aliphatic carbocycles. The van der Waals surface area contributed by atoms with Crippen LogP contribution in [-0.2, 0) is 4.79 Å². The number of ether oxygens (including phenoxy) is 1. The van der Waals surface area contributed by atoms with Gasteiger partial charge in [0.05, 0.1) is 0 Å². The van der Waals surface area contributed by atoms with Crippen LogP contribution in [0.25, 0.3) is 0 Å². The molecule has 0 atom stereocenters. The van der Waals surface area contributed by atoms with Crippen LogP contribution < -0.4 is 4.74 Å². The molecule has 0 aromatic heterocycles. The molecule has 3 nitrogen and oxygen atoms in total. The van der Waals surface area contributed by atoms with Crippen LogP contribution in [0.15, 0.2) is 24.3 Å². The van der Waals surface area contributed by atoms with E-state index in [4.69, 9.17) is 21.4 Å². The normalized spacial score (nSPS) is 9.42. The Balaban J connectivity index is 2.57. The fraction of sp³-hybridized carbons (Fsp3) is 0.125. The molecule has 0 fully saturated rings. The number of benzene rings is 1. The Morgan fingerprint density at radius 1 is 1.58 bits per heavy atom. The first-order chi connectivity index (χ1) is 5.68. The van der Waals surface area contributed by atoms with Gasteiger partial charge in [-0.2, -0.15) is 0 Å². The van der Waals surface area contributed by atoms with Crippen LogP contribution in [-0.4, -0.2) is 17.7 Å². The average Bonchev–Trinajstić information content (AvgIpc) is 2.01. The van der Waals surface area contributed by atoms with Crippen molar-refractivity contribution in [3.05, 3.63) is 29.3 Å². The number of hydrogen-bond acceptors (Lipinski definition) is 2. The molecule has 0 aliphatic rings. The molecule has 0 saturated carbocycles. The molecule has 1 N–H and O–H groups in total. The van der Waals surface area contributed by atoms with Gasteiger partial charge in [0.25, 0.3) is 0 Å². The zero-order valence-corrected chi connectivity index (χ0v) is 6.91. The molecule has 1 aromatic rings. The molecule has 0 bridgehead atoms. The first kappa shape index (κ1) is 8.87. The molecular formula is C8H7ClO3. The number of carbonyl (C=O) groups is 1. The highest BCUT2D eigenvalue weighted by molar-refractivity contribution is 6.30. The monoisotopic (exact) mass is 186 g/mol. The summed E-state index contributed by atoms with van der Waals surface area (Å²) in [5.41, 5.74) is 0. The summed E-state index contributed by atoms with van der Waals surface area (Å²) in [4.78, 5) is 10.1. The lowest BCUT2D eigenvalue weighted by molar-refractivity contribution is -0.139. The van der Waals surface area contributed by atoms with Crippen LogP contribution in [0.1, 0.15) is 0 Å². The third-order valence-corrected chi connectivity index (χ3v) is 1.39. The molecule has 1 rings (SSSR count). The molecule has 12 heavy (non-hydrogen) atoms. The van der Waals surface area contributed by atoms with E-state index in [9.17, 15) is 4.79 Å². The topological polar surface area (TPSA) is 46.5 Å². The minimum Gasteiger partial charge on any atom is -0.482 e. The Labute approximate surface area is 74.5 Å². The van der Waals surface area contributed by atoms with E-state index in [-0.39, 0.29) is 6.61 Å². The summed E-state index contributed by atoms with van der Waals surface area (Å²) in [6.07, 6.45) is 0. The van der Waals surface area contributed by atoms with Crippen molar-refractivity contribution in [2.24, 2.45) is 0 Å². The molecular weight excluding hydrogens is 180 g/mol. The molecule has 0 unspecified atom stereocenters. The average molecular weight is 187 g/mol. The van der Waals surface area contributed by atoms with Gasteiger partial charge in [-0.05, 0) is 18.2 Å². The largest absolute Gasteiger partial charge is 0.482 e. The van der Waals surface area contributed by atoms with E-state index in [0.717, 1.165) is 0 Å². The predicted molar refractivity (Wildman–Crippen MR) is 44.6 cm³/mol. The Morgan fingerprint density at radius 2 is 2.33 bits per heavy atom. The summed E-state index contributed by atoms with van der Waals surface area (Å²) >= 11 is 5.63. The summed E-state index contributed by atoms with van der Waals surface area (Å²) in [5.74, 6) is -0.542. The Morgan fingerprint density at radius 3 is 2.92 bits per heavy atom. The van der Waals surface area contributed by atoms with Crippen molar-refractivity contribution in [1.29, 1.82) is 0 Å². The number of carboxylic acid groups (broad SMARTS) is 1. The van der Waals surface area contributed by atoms with Crippen molar-refractivity contribution < 1.29 is 14.6 Å². The SMILES string of the molecule is O=C(O)COc1cccc(Cl)c1. The first-order valence-corrected chi connectivity index (χ1v) is 3.66. The maximum Gasteiger partial charge on any atom is 0.341 e. The fourth-order valence-electron chi connectivity index (χ4n) is 0.702. The van der Waals surface area contributed by atoms with E-state index < -0.39 is 5.97 Å². The maximum absolute atomic E-state index is 10.1.